The van der Waals surface area contributed by atoms with E-state index in [1.807, 2.05) is 0 Å². The van der Waals surface area contributed by atoms with Gasteiger partial charge in [0, 0.05) is 10.6 Å². The first-order valence-corrected chi connectivity index (χ1v) is 6.97. The third-order valence-electron chi connectivity index (χ3n) is 2.85. The van der Waals surface area contributed by atoms with Crippen LogP contribution in [0, 0.1) is 0 Å². The zero-order valence-corrected chi connectivity index (χ0v) is 13.0. The smallest absolute Gasteiger partial charge is 0.159 e. The van der Waals surface area contributed by atoms with Crippen molar-refractivity contribution in [2.75, 3.05) is 0 Å². The first-order valence-electron chi connectivity index (χ1n) is 5.08. The molecule has 0 fully saturated rings. The molecule has 0 saturated heterocycles. The molecule has 0 bridgehead atoms. The van der Waals surface area contributed by atoms with Gasteiger partial charge in [0.05, 0.1) is 20.1 Å². The van der Waals surface area contributed by atoms with Crippen molar-refractivity contribution in [3.05, 3.63) is 55.0 Å². The van der Waals surface area contributed by atoms with Crippen LogP contribution in [0.3, 0.4) is 0 Å². The summed E-state index contributed by atoms with van der Waals surface area (Å²) in [5, 5.41) is 20.5. The van der Waals surface area contributed by atoms with E-state index >= 15 is 0 Å². The number of rotatable bonds is 1. The topological polar surface area (TPSA) is 40.5 Å². The van der Waals surface area contributed by atoms with Crippen molar-refractivity contribution in [1.82, 2.24) is 0 Å². The monoisotopic (exact) mass is 358 g/mol. The Bertz CT molecular complexity index is 596. The summed E-state index contributed by atoms with van der Waals surface area (Å²) in [6, 6.07) is 6.38. The predicted octanol–water partition coefficient (Wildman–Crippen LogP) is 4.28. The molecule has 0 amide bonds. The van der Waals surface area contributed by atoms with Crippen LogP contribution in [-0.4, -0.2) is 16.3 Å². The van der Waals surface area contributed by atoms with Crippen LogP contribution in [0.15, 0.2) is 44.4 Å². The van der Waals surface area contributed by atoms with Crippen molar-refractivity contribution >= 4 is 58.0 Å². The van der Waals surface area contributed by atoms with Crippen LogP contribution in [0.4, 0.5) is 0 Å². The highest BCUT2D eigenvalue weighted by molar-refractivity contribution is 6.52. The Balaban J connectivity index is 2.72. The van der Waals surface area contributed by atoms with Gasteiger partial charge in [-0.2, -0.15) is 0 Å². The molecule has 0 radical (unpaired) electrons. The molecule has 1 aliphatic carbocycles. The summed E-state index contributed by atoms with van der Waals surface area (Å²) in [4.78, 5) is 0. The second-order valence-electron chi connectivity index (χ2n) is 3.94. The lowest BCUT2D eigenvalue weighted by molar-refractivity contribution is -0.0261. The maximum Gasteiger partial charge on any atom is 0.159 e. The molecule has 1 aromatic rings. The highest BCUT2D eigenvalue weighted by Gasteiger charge is 2.49. The molecule has 0 aliphatic heterocycles. The second kappa shape index (κ2) is 5.45. The molecule has 0 saturated carbocycles. The number of hydrogen-bond acceptors (Lipinski definition) is 2. The van der Waals surface area contributed by atoms with Gasteiger partial charge >= 0.3 is 0 Å². The molecule has 7 heteroatoms. The summed E-state index contributed by atoms with van der Waals surface area (Å²) in [5.74, 6) is 0. The standard InChI is InChI=1S/C12H7Cl5O2/c13-6-4-2-1-3-5(6)12(19)10(17)8(15)7(14)9(16)11(12)18/h1-4,11,18-19H. The molecule has 2 nitrogen and oxygen atoms in total. The molecular weight excluding hydrogens is 353 g/mol. The highest BCUT2D eigenvalue weighted by Crippen LogP contribution is 2.50. The lowest BCUT2D eigenvalue weighted by Crippen LogP contribution is -2.43. The largest absolute Gasteiger partial charge is 0.384 e. The van der Waals surface area contributed by atoms with E-state index in [2.05, 4.69) is 0 Å². The normalized spacial score (nSPS) is 28.1. The third-order valence-corrected chi connectivity index (χ3v) is 5.11. The number of hydrogen-bond donors (Lipinski definition) is 2. The Labute approximate surface area is 134 Å². The lowest BCUT2D eigenvalue weighted by atomic mass is 9.84. The van der Waals surface area contributed by atoms with Gasteiger partial charge in [0.1, 0.15) is 6.10 Å². The maximum atomic E-state index is 10.7. The Kier molecular flexibility index (Phi) is 4.44. The quantitative estimate of drug-likeness (QED) is 0.785. The van der Waals surface area contributed by atoms with E-state index < -0.39 is 11.7 Å². The van der Waals surface area contributed by atoms with Gasteiger partial charge in [0.2, 0.25) is 0 Å². The van der Waals surface area contributed by atoms with E-state index in [-0.39, 0.29) is 30.7 Å². The van der Waals surface area contributed by atoms with Crippen LogP contribution < -0.4 is 0 Å². The van der Waals surface area contributed by atoms with Crippen molar-refractivity contribution in [3.8, 4) is 0 Å². The number of allylic oxidation sites excluding steroid dienone is 2. The lowest BCUT2D eigenvalue weighted by Gasteiger charge is -2.37. The van der Waals surface area contributed by atoms with Gasteiger partial charge < -0.3 is 10.2 Å². The van der Waals surface area contributed by atoms with Crippen LogP contribution in [-0.2, 0) is 5.60 Å². The minimum atomic E-state index is -2.04. The SMILES string of the molecule is OC1C(Cl)=C(Cl)C(Cl)=C(Cl)C1(O)c1ccccc1Cl. The first kappa shape index (κ1) is 15.5. The molecule has 1 aliphatic rings. The Morgan fingerprint density at radius 3 is 2.11 bits per heavy atom. The molecule has 0 spiro atoms. The van der Waals surface area contributed by atoms with Crippen LogP contribution in [0.1, 0.15) is 5.56 Å². The fourth-order valence-electron chi connectivity index (χ4n) is 1.83. The zero-order chi connectivity index (χ0) is 14.4. The Morgan fingerprint density at radius 1 is 0.947 bits per heavy atom. The molecule has 102 valence electrons. The molecule has 1 aromatic carbocycles. The van der Waals surface area contributed by atoms with Gasteiger partial charge in [-0.15, -0.1) is 0 Å². The Morgan fingerprint density at radius 2 is 1.53 bits per heavy atom. The van der Waals surface area contributed by atoms with Crippen molar-refractivity contribution in [2.24, 2.45) is 0 Å². The molecule has 0 heterocycles. The average molecular weight is 360 g/mol. The Hall–Kier alpha value is 0.0700. The van der Waals surface area contributed by atoms with Crippen molar-refractivity contribution in [1.29, 1.82) is 0 Å². The van der Waals surface area contributed by atoms with Gasteiger partial charge in [-0.1, -0.05) is 76.2 Å². The van der Waals surface area contributed by atoms with Crippen LogP contribution in [0.2, 0.25) is 5.02 Å². The number of aliphatic hydroxyl groups is 2. The fraction of sp³-hybridized carbons (Fsp3) is 0.167. The summed E-state index contributed by atoms with van der Waals surface area (Å²) in [7, 11) is 0. The molecule has 2 unspecified atom stereocenters. The minimum absolute atomic E-state index is 0.0995. The van der Waals surface area contributed by atoms with Crippen molar-refractivity contribution in [2.45, 2.75) is 11.7 Å². The zero-order valence-electron chi connectivity index (χ0n) is 9.17. The minimum Gasteiger partial charge on any atom is -0.384 e. The van der Waals surface area contributed by atoms with Crippen LogP contribution in [0.25, 0.3) is 0 Å². The molecule has 2 rings (SSSR count). The maximum absolute atomic E-state index is 10.7. The number of halogens is 5. The second-order valence-corrected chi connectivity index (χ2v) is 5.89. The van der Waals surface area contributed by atoms with Crippen LogP contribution in [0.5, 0.6) is 0 Å². The van der Waals surface area contributed by atoms with Gasteiger partial charge in [-0.3, -0.25) is 0 Å². The summed E-state index contributed by atoms with van der Waals surface area (Å²) in [5.41, 5.74) is -1.85. The number of aliphatic hydroxyl groups excluding tert-OH is 1. The van der Waals surface area contributed by atoms with E-state index in [1.54, 1.807) is 18.2 Å². The fourth-order valence-corrected chi connectivity index (χ4v) is 3.20. The summed E-state index contributed by atoms with van der Waals surface area (Å²) < 4.78 is 0. The number of benzene rings is 1. The highest BCUT2D eigenvalue weighted by atomic mass is 35.5. The van der Waals surface area contributed by atoms with E-state index in [0.717, 1.165) is 0 Å². The first-order chi connectivity index (χ1) is 8.81. The summed E-state index contributed by atoms with van der Waals surface area (Å²) in [6.07, 6.45) is -1.56. The summed E-state index contributed by atoms with van der Waals surface area (Å²) >= 11 is 29.7. The van der Waals surface area contributed by atoms with Gasteiger partial charge in [-0.25, -0.2) is 0 Å². The van der Waals surface area contributed by atoms with Crippen molar-refractivity contribution < 1.29 is 10.2 Å². The molecule has 2 N–H and O–H groups in total. The van der Waals surface area contributed by atoms with Crippen LogP contribution >= 0.6 is 58.0 Å². The average Bonchev–Trinajstić information content (AvgIpc) is 2.41. The van der Waals surface area contributed by atoms with E-state index in [4.69, 9.17) is 58.0 Å². The van der Waals surface area contributed by atoms with Gasteiger partial charge in [0.25, 0.3) is 0 Å². The molecule has 2 atom stereocenters. The predicted molar refractivity (Wildman–Crippen MR) is 78.8 cm³/mol. The molecule has 19 heavy (non-hydrogen) atoms. The van der Waals surface area contributed by atoms with Gasteiger partial charge in [-0.05, 0) is 6.07 Å². The van der Waals surface area contributed by atoms with E-state index in [9.17, 15) is 10.2 Å². The van der Waals surface area contributed by atoms with Crippen molar-refractivity contribution in [3.63, 3.8) is 0 Å². The third kappa shape index (κ3) is 2.30. The molecular formula is C12H7Cl5O2. The molecule has 0 aromatic heterocycles. The summed E-state index contributed by atoms with van der Waals surface area (Å²) in [6.45, 7) is 0. The van der Waals surface area contributed by atoms with E-state index in [1.165, 1.54) is 6.07 Å². The van der Waals surface area contributed by atoms with Gasteiger partial charge in [0.15, 0.2) is 5.60 Å². The van der Waals surface area contributed by atoms with E-state index in [0.29, 0.717) is 0 Å².